The van der Waals surface area contributed by atoms with E-state index in [1.807, 2.05) is 29.2 Å². The van der Waals surface area contributed by atoms with Crippen molar-refractivity contribution in [3.8, 4) is 0 Å². The monoisotopic (exact) mass is 1110 g/mol. The Morgan fingerprint density at radius 3 is 1.76 bits per heavy atom. The molecule has 0 bridgehead atoms. The zero-order chi connectivity index (χ0) is 56.6. The summed E-state index contributed by atoms with van der Waals surface area (Å²) in [5.41, 5.74) is 0.945. The first-order valence-corrected chi connectivity index (χ1v) is 30.7. The molecule has 1 amide bonds. The largest absolute Gasteiger partial charge is 0.459 e. The summed E-state index contributed by atoms with van der Waals surface area (Å²) < 4.78 is 53.1. The Morgan fingerprint density at radius 1 is 0.667 bits per heavy atom. The third-order valence-electron chi connectivity index (χ3n) is 16.3. The molecule has 3 aliphatic rings. The van der Waals surface area contributed by atoms with Crippen molar-refractivity contribution >= 4 is 32.2 Å². The first-order valence-electron chi connectivity index (χ1n) is 29.6. The molecule has 13 atom stereocenters. The van der Waals surface area contributed by atoms with E-state index >= 15 is 0 Å². The van der Waals surface area contributed by atoms with E-state index in [0.717, 1.165) is 77.0 Å². The maximum atomic E-state index is 13.4. The number of nitrogens with zero attached hydrogens (tertiary/aromatic N) is 3. The van der Waals surface area contributed by atoms with Gasteiger partial charge in [-0.05, 0) is 108 Å². The van der Waals surface area contributed by atoms with Crippen molar-refractivity contribution < 1.29 is 56.6 Å². The molecule has 3 heterocycles. The lowest BCUT2D eigenvalue weighted by Gasteiger charge is -2.48. The second kappa shape index (κ2) is 34.4. The lowest BCUT2D eigenvalue weighted by atomic mass is 9.78. The van der Waals surface area contributed by atoms with E-state index in [2.05, 4.69) is 78.8 Å². The number of hydrogen-bond donors (Lipinski definition) is 0. The van der Waals surface area contributed by atoms with Gasteiger partial charge >= 0.3 is 11.9 Å². The predicted octanol–water partition coefficient (Wildman–Crippen LogP) is 13.1. The summed E-state index contributed by atoms with van der Waals surface area (Å²) in [4.78, 5) is 57.6. The number of ether oxygens (including phenoxy) is 6. The maximum absolute atomic E-state index is 13.4. The number of hydrogen-bond acceptors (Lipinski definition) is 13. The predicted molar refractivity (Wildman–Crippen MR) is 304 cm³/mol. The summed E-state index contributed by atoms with van der Waals surface area (Å²) >= 11 is 0. The van der Waals surface area contributed by atoms with Crippen molar-refractivity contribution in [2.75, 3.05) is 39.5 Å². The lowest BCUT2D eigenvalue weighted by molar-refractivity contribution is -0.327. The highest BCUT2D eigenvalue weighted by atomic mass is 31.2. The van der Waals surface area contributed by atoms with E-state index in [1.54, 1.807) is 36.4 Å². The van der Waals surface area contributed by atoms with E-state index in [1.165, 1.54) is 0 Å². The number of benzene rings is 2. The Kier molecular flexibility index (Phi) is 28.7. The number of amides is 1. The summed E-state index contributed by atoms with van der Waals surface area (Å²) in [5.74, 6) is -0.0601. The molecule has 11 unspecified atom stereocenters. The first-order chi connectivity index (χ1) is 37.5. The summed E-state index contributed by atoms with van der Waals surface area (Å²) in [6.45, 7) is 30.3. The molecule has 0 saturated carbocycles. The zero-order valence-corrected chi connectivity index (χ0v) is 49.8. The molecule has 16 heteroatoms. The highest BCUT2D eigenvalue weighted by Gasteiger charge is 2.48. The third-order valence-corrected chi connectivity index (χ3v) is 18.5. The van der Waals surface area contributed by atoms with Crippen molar-refractivity contribution in [3.05, 3.63) is 83.2 Å². The number of ketones is 1. The van der Waals surface area contributed by atoms with Crippen LogP contribution >= 0.6 is 8.53 Å². The van der Waals surface area contributed by atoms with Crippen molar-refractivity contribution in [2.45, 2.75) is 221 Å². The number of Topliss-reactive ketones (excluding diaryl/α,β-unsaturated/α-hetero) is 1. The van der Waals surface area contributed by atoms with Crippen molar-refractivity contribution in [1.82, 2.24) is 9.57 Å². The van der Waals surface area contributed by atoms with Crippen molar-refractivity contribution in [2.24, 2.45) is 29.6 Å². The molecule has 2 aromatic rings. The van der Waals surface area contributed by atoms with Crippen LogP contribution in [0.15, 0.2) is 60.7 Å². The van der Waals surface area contributed by atoms with Gasteiger partial charge in [0.1, 0.15) is 31.7 Å². The third kappa shape index (κ3) is 20.3. The van der Waals surface area contributed by atoms with Gasteiger partial charge in [0, 0.05) is 62.4 Å². The fraction of sp³-hybridized carbons (Fsp3) is 0.726. The zero-order valence-electron chi connectivity index (χ0n) is 48.9. The number of likely N-dealkylation sites (tertiary alicyclic amines) is 1. The molecule has 0 aromatic heterocycles. The molecular weight excluding hydrogens is 1010 g/mol. The van der Waals surface area contributed by atoms with E-state index in [-0.39, 0.29) is 79.0 Å². The molecule has 2 aromatic carbocycles. The van der Waals surface area contributed by atoms with Crippen LogP contribution in [0.4, 0.5) is 0 Å². The Balaban J connectivity index is 0.971. The number of carbonyl (C=O) groups excluding carboxylic acids is 4. The molecule has 0 spiro atoms. The Bertz CT molecular complexity index is 2100. The normalized spacial score (nSPS) is 26.7. The van der Waals surface area contributed by atoms with Gasteiger partial charge in [0.25, 0.3) is 8.53 Å². The average Bonchev–Trinajstić information content (AvgIpc) is 3.89. The average molecular weight is 1110 g/mol. The minimum absolute atomic E-state index is 0.0233. The van der Waals surface area contributed by atoms with Crippen LogP contribution in [-0.2, 0) is 47.1 Å². The minimum atomic E-state index is -1.35. The summed E-state index contributed by atoms with van der Waals surface area (Å²) in [6.07, 6.45) is 10.2. The number of rotatable bonds is 34. The van der Waals surface area contributed by atoms with Gasteiger partial charge in [0.05, 0.1) is 29.4 Å². The fourth-order valence-electron chi connectivity index (χ4n) is 11.0. The van der Waals surface area contributed by atoms with Crippen LogP contribution in [0.5, 0.6) is 0 Å². The van der Waals surface area contributed by atoms with Gasteiger partial charge in [-0.1, -0.05) is 116 Å². The summed E-state index contributed by atoms with van der Waals surface area (Å²) in [6, 6.07) is 18.5. The van der Waals surface area contributed by atoms with E-state index < -0.39 is 45.3 Å². The molecule has 0 radical (unpaired) electrons. The second-order valence-corrected chi connectivity index (χ2v) is 24.1. The van der Waals surface area contributed by atoms with Gasteiger partial charge in [-0.2, -0.15) is 0 Å². The number of carbonyl (C=O) groups is 4. The highest BCUT2D eigenvalue weighted by Crippen LogP contribution is 2.49. The number of esters is 2. The highest BCUT2D eigenvalue weighted by molar-refractivity contribution is 7.44. The van der Waals surface area contributed by atoms with E-state index in [9.17, 15) is 19.2 Å². The molecule has 3 aliphatic heterocycles. The smallest absolute Gasteiger partial charge is 0.338 e. The standard InChI is InChI=1S/C62H96N3O12P/c1-12-52-39-54(77-78(73-38-36-63-11)65(43(2)3)44(4)5)40-64(52)57(67)35-27-17-16-26-34-53(66)33-25-15-13-14-18-28-37-70-61-49(10)47(8)58(56(75-61)42-72-60(69)51-31-23-20-24-32-51)76-62-48(9)45(6)46(7)55(74-62)41-71-59(68)50-29-21-19-22-30-50/h19-24,29-32,43-49,52,54-56,58,61-62H,12-18,25-28,33-42H2,1-10H3/t45?,46?,47?,48?,49?,52-,54-,55?,56?,58?,61?,62?,78?/m1/s1. The van der Waals surface area contributed by atoms with Gasteiger partial charge in [-0.3, -0.25) is 9.59 Å². The van der Waals surface area contributed by atoms with E-state index in [4.69, 9.17) is 44.0 Å². The van der Waals surface area contributed by atoms with Crippen molar-refractivity contribution in [3.63, 3.8) is 0 Å². The molecule has 0 N–H and O–H groups in total. The Hall–Kier alpha value is -3.84. The summed E-state index contributed by atoms with van der Waals surface area (Å²) in [7, 11) is -1.35. The molecule has 78 heavy (non-hydrogen) atoms. The van der Waals surface area contributed by atoms with Crippen LogP contribution in [0, 0.1) is 36.2 Å². The summed E-state index contributed by atoms with van der Waals surface area (Å²) in [5, 5.41) is 0. The van der Waals surface area contributed by atoms with Gasteiger partial charge < -0.3 is 47.2 Å². The SMILES string of the molecule is [C-]#[N+]CCOP(O[C@@H]1C[C@@H](CC)N(C(=O)CCCCCCC(=O)CCCCCCCCOC2OC(COC(=O)c3ccccc3)C(OC3OC(COC(=O)c4ccccc4)C(C)C(C)C3C)C(C)C2C)C1)N(C(C)C)C(C)C. The first kappa shape index (κ1) is 65.0. The Labute approximate surface area is 469 Å². The van der Waals surface area contributed by atoms with Gasteiger partial charge in [0.2, 0.25) is 12.5 Å². The van der Waals surface area contributed by atoms with Gasteiger partial charge in [-0.15, -0.1) is 0 Å². The molecule has 3 fully saturated rings. The molecule has 436 valence electrons. The van der Waals surface area contributed by atoms with Crippen LogP contribution in [0.1, 0.15) is 186 Å². The fourth-order valence-corrected chi connectivity index (χ4v) is 12.7. The molecular formula is C62H96N3O12P. The topological polar surface area (TPSA) is 153 Å². The molecule has 15 nitrogen and oxygen atoms in total. The van der Waals surface area contributed by atoms with Crippen LogP contribution in [0.3, 0.4) is 0 Å². The van der Waals surface area contributed by atoms with Crippen LogP contribution in [-0.4, -0.2) is 128 Å². The Morgan fingerprint density at radius 2 is 1.19 bits per heavy atom. The molecule has 3 saturated heterocycles. The maximum Gasteiger partial charge on any atom is 0.338 e. The quantitative estimate of drug-likeness (QED) is 0.0283. The lowest BCUT2D eigenvalue weighted by Crippen LogP contribution is -2.56. The van der Waals surface area contributed by atoms with Gasteiger partial charge in [0.15, 0.2) is 12.6 Å². The van der Waals surface area contributed by atoms with Crippen LogP contribution in [0.2, 0.25) is 0 Å². The van der Waals surface area contributed by atoms with Crippen LogP contribution < -0.4 is 0 Å². The second-order valence-electron chi connectivity index (χ2n) is 22.7. The molecule has 0 aliphatic carbocycles. The van der Waals surface area contributed by atoms with Crippen molar-refractivity contribution in [1.29, 1.82) is 0 Å². The minimum Gasteiger partial charge on any atom is -0.459 e. The number of unbranched alkanes of at least 4 members (excludes halogenated alkanes) is 8. The van der Waals surface area contributed by atoms with E-state index in [0.29, 0.717) is 62.5 Å². The van der Waals surface area contributed by atoms with Gasteiger partial charge in [-0.25, -0.2) is 20.8 Å². The van der Waals surface area contributed by atoms with Crippen LogP contribution in [0.25, 0.3) is 4.85 Å². The molecule has 5 rings (SSSR count).